The Balaban J connectivity index is 2.38. The molecule has 0 aromatic rings. The van der Waals surface area contributed by atoms with E-state index in [9.17, 15) is 0 Å². The first-order valence-corrected chi connectivity index (χ1v) is 4.03. The van der Waals surface area contributed by atoms with E-state index in [1.54, 1.807) is 0 Å². The van der Waals surface area contributed by atoms with E-state index in [1.165, 1.54) is 18.4 Å². The lowest BCUT2D eigenvalue weighted by Crippen LogP contribution is -1.85. The zero-order valence-corrected chi connectivity index (χ0v) is 6.40. The summed E-state index contributed by atoms with van der Waals surface area (Å²) in [7, 11) is 0. The van der Waals surface area contributed by atoms with Gasteiger partial charge in [-0.15, -0.1) is 0 Å². The summed E-state index contributed by atoms with van der Waals surface area (Å²) < 4.78 is 0. The lowest BCUT2D eigenvalue weighted by atomic mass is 10.1. The van der Waals surface area contributed by atoms with Gasteiger partial charge in [-0.2, -0.15) is 12.6 Å². The molecule has 0 spiro atoms. The second-order valence-corrected chi connectivity index (χ2v) is 2.68. The van der Waals surface area contributed by atoms with Crippen LogP contribution in [0.4, 0.5) is 0 Å². The molecule has 0 N–H and O–H groups in total. The molecule has 1 heteroatoms. The summed E-state index contributed by atoms with van der Waals surface area (Å²) in [6.07, 6.45) is 10.3. The van der Waals surface area contributed by atoms with Gasteiger partial charge in [0.05, 0.1) is 0 Å². The highest BCUT2D eigenvalue weighted by Crippen LogP contribution is 2.12. The lowest BCUT2D eigenvalue weighted by molar-refractivity contribution is 0.988. The fourth-order valence-corrected chi connectivity index (χ4v) is 1.24. The highest BCUT2D eigenvalue weighted by atomic mass is 32.1. The molecule has 1 aliphatic carbocycles. The molecule has 0 nitrogen and oxygen atoms in total. The van der Waals surface area contributed by atoms with Crippen molar-refractivity contribution >= 4 is 12.6 Å². The fraction of sp³-hybridized carbons (Fsp3) is 0.500. The van der Waals surface area contributed by atoms with Crippen LogP contribution in [0.5, 0.6) is 0 Å². The average molecular weight is 140 g/mol. The van der Waals surface area contributed by atoms with Crippen molar-refractivity contribution in [3.05, 3.63) is 23.8 Å². The Morgan fingerprint density at radius 2 is 2.33 bits per heavy atom. The molecular weight excluding hydrogens is 128 g/mol. The standard InChI is InChI=1S/C8H12S/c9-7-6-8-4-2-1-3-5-8/h2,4-5,9H,1,3,6-7H2. The van der Waals surface area contributed by atoms with Crippen molar-refractivity contribution in [2.75, 3.05) is 5.75 Å². The van der Waals surface area contributed by atoms with Crippen LogP contribution >= 0.6 is 12.6 Å². The van der Waals surface area contributed by atoms with E-state index in [2.05, 4.69) is 30.9 Å². The molecule has 0 unspecified atom stereocenters. The van der Waals surface area contributed by atoms with Crippen molar-refractivity contribution in [1.82, 2.24) is 0 Å². The van der Waals surface area contributed by atoms with E-state index in [1.807, 2.05) is 0 Å². The zero-order chi connectivity index (χ0) is 6.53. The van der Waals surface area contributed by atoms with Gasteiger partial charge in [0.25, 0.3) is 0 Å². The molecule has 0 aromatic heterocycles. The minimum absolute atomic E-state index is 0.968. The summed E-state index contributed by atoms with van der Waals surface area (Å²) in [4.78, 5) is 0. The summed E-state index contributed by atoms with van der Waals surface area (Å²) in [6, 6.07) is 0. The summed E-state index contributed by atoms with van der Waals surface area (Å²) in [5.74, 6) is 0.968. The average Bonchev–Trinajstić information content (AvgIpc) is 1.91. The Kier molecular flexibility index (Phi) is 2.92. The number of allylic oxidation sites excluding steroid dienone is 4. The van der Waals surface area contributed by atoms with Gasteiger partial charge in [-0.05, 0) is 25.0 Å². The molecule has 0 saturated carbocycles. The first-order chi connectivity index (χ1) is 4.43. The second-order valence-electron chi connectivity index (χ2n) is 2.23. The van der Waals surface area contributed by atoms with E-state index in [0.29, 0.717) is 0 Å². The number of hydrogen-bond acceptors (Lipinski definition) is 1. The van der Waals surface area contributed by atoms with Crippen LogP contribution in [0.3, 0.4) is 0 Å². The van der Waals surface area contributed by atoms with Gasteiger partial charge < -0.3 is 0 Å². The maximum absolute atomic E-state index is 4.16. The van der Waals surface area contributed by atoms with Crippen LogP contribution in [0.25, 0.3) is 0 Å². The molecule has 0 bridgehead atoms. The van der Waals surface area contributed by atoms with Crippen molar-refractivity contribution < 1.29 is 0 Å². The van der Waals surface area contributed by atoms with Gasteiger partial charge in [-0.25, -0.2) is 0 Å². The van der Waals surface area contributed by atoms with Gasteiger partial charge >= 0.3 is 0 Å². The van der Waals surface area contributed by atoms with Crippen molar-refractivity contribution in [2.24, 2.45) is 0 Å². The molecule has 1 aliphatic rings. The Bertz CT molecular complexity index is 134. The van der Waals surface area contributed by atoms with Crippen LogP contribution in [0, 0.1) is 0 Å². The summed E-state index contributed by atoms with van der Waals surface area (Å²) in [6.45, 7) is 0. The molecule has 0 aliphatic heterocycles. The minimum Gasteiger partial charge on any atom is -0.179 e. The molecule has 0 fully saturated rings. The largest absolute Gasteiger partial charge is 0.179 e. The zero-order valence-electron chi connectivity index (χ0n) is 5.51. The van der Waals surface area contributed by atoms with Crippen molar-refractivity contribution in [1.29, 1.82) is 0 Å². The SMILES string of the molecule is SCCC1=CCCC=C1. The van der Waals surface area contributed by atoms with Gasteiger partial charge in [-0.3, -0.25) is 0 Å². The number of rotatable bonds is 2. The third-order valence-corrected chi connectivity index (χ3v) is 1.70. The van der Waals surface area contributed by atoms with Crippen molar-refractivity contribution in [3.8, 4) is 0 Å². The topological polar surface area (TPSA) is 0 Å². The first kappa shape index (κ1) is 6.94. The predicted molar refractivity (Wildman–Crippen MR) is 44.9 cm³/mol. The molecule has 9 heavy (non-hydrogen) atoms. The van der Waals surface area contributed by atoms with E-state index >= 15 is 0 Å². The molecule has 0 atom stereocenters. The van der Waals surface area contributed by atoms with Gasteiger partial charge in [0, 0.05) is 0 Å². The van der Waals surface area contributed by atoms with Crippen molar-refractivity contribution in [2.45, 2.75) is 19.3 Å². The Morgan fingerprint density at radius 3 is 2.89 bits per heavy atom. The molecule has 0 saturated heterocycles. The Morgan fingerprint density at radius 1 is 1.44 bits per heavy atom. The fourth-order valence-electron chi connectivity index (χ4n) is 0.982. The van der Waals surface area contributed by atoms with Crippen LogP contribution in [0.1, 0.15) is 19.3 Å². The molecule has 1 rings (SSSR count). The van der Waals surface area contributed by atoms with Crippen LogP contribution < -0.4 is 0 Å². The maximum atomic E-state index is 4.16. The van der Waals surface area contributed by atoms with E-state index < -0.39 is 0 Å². The molecule has 0 heterocycles. The molecular formula is C8H12S. The molecule has 0 amide bonds. The highest BCUT2D eigenvalue weighted by Gasteiger charge is 1.93. The smallest absolute Gasteiger partial charge is 0.00575 e. The van der Waals surface area contributed by atoms with Crippen LogP contribution in [0.15, 0.2) is 23.8 Å². The van der Waals surface area contributed by atoms with Gasteiger partial charge in [0.2, 0.25) is 0 Å². The third kappa shape index (κ3) is 2.27. The lowest BCUT2D eigenvalue weighted by Gasteiger charge is -2.02. The van der Waals surface area contributed by atoms with Gasteiger partial charge in [0.15, 0.2) is 0 Å². The molecule has 50 valence electrons. The Labute approximate surface area is 62.1 Å². The van der Waals surface area contributed by atoms with Crippen LogP contribution in [-0.2, 0) is 0 Å². The number of thiol groups is 1. The summed E-state index contributed by atoms with van der Waals surface area (Å²) in [5, 5.41) is 0. The quantitative estimate of drug-likeness (QED) is 0.560. The van der Waals surface area contributed by atoms with Gasteiger partial charge in [-0.1, -0.05) is 23.8 Å². The van der Waals surface area contributed by atoms with Crippen LogP contribution in [0.2, 0.25) is 0 Å². The number of hydrogen-bond donors (Lipinski definition) is 1. The monoisotopic (exact) mass is 140 g/mol. The van der Waals surface area contributed by atoms with Crippen LogP contribution in [-0.4, -0.2) is 5.75 Å². The third-order valence-electron chi connectivity index (χ3n) is 1.47. The van der Waals surface area contributed by atoms with E-state index in [-0.39, 0.29) is 0 Å². The van der Waals surface area contributed by atoms with Gasteiger partial charge in [0.1, 0.15) is 0 Å². The summed E-state index contributed by atoms with van der Waals surface area (Å²) in [5.41, 5.74) is 1.45. The normalized spacial score (nSPS) is 17.7. The molecule has 0 aromatic carbocycles. The second kappa shape index (κ2) is 3.78. The minimum atomic E-state index is 0.968. The Hall–Kier alpha value is -0.170. The van der Waals surface area contributed by atoms with E-state index in [4.69, 9.17) is 0 Å². The van der Waals surface area contributed by atoms with E-state index in [0.717, 1.165) is 12.2 Å². The first-order valence-electron chi connectivity index (χ1n) is 3.40. The maximum Gasteiger partial charge on any atom is -0.00575 e. The highest BCUT2D eigenvalue weighted by molar-refractivity contribution is 7.80. The molecule has 0 radical (unpaired) electrons. The summed E-state index contributed by atoms with van der Waals surface area (Å²) >= 11 is 4.16. The van der Waals surface area contributed by atoms with Crippen molar-refractivity contribution in [3.63, 3.8) is 0 Å². The predicted octanol–water partition coefficient (Wildman–Crippen LogP) is 2.58.